The Morgan fingerprint density at radius 3 is 2.58 bits per heavy atom. The molecule has 2 rings (SSSR count). The second-order valence-electron chi connectivity index (χ2n) is 5.09. The molecule has 1 aliphatic heterocycles. The Kier molecular flexibility index (Phi) is 3.13. The predicted molar refractivity (Wildman–Crippen MR) is 63.6 cm³/mol. The van der Waals surface area contributed by atoms with Crippen molar-refractivity contribution in [2.75, 3.05) is 6.61 Å². The second kappa shape index (κ2) is 4.27. The maximum absolute atomic E-state index is 11.7. The number of aromatic amines is 1. The molecule has 1 saturated heterocycles. The third-order valence-corrected chi connectivity index (χ3v) is 3.43. The number of hydrogen-bond donors (Lipinski definition) is 4. The lowest BCUT2D eigenvalue weighted by molar-refractivity contribution is -0.122. The van der Waals surface area contributed by atoms with Crippen LogP contribution in [0.3, 0.4) is 0 Å². The van der Waals surface area contributed by atoms with Crippen LogP contribution in [0.5, 0.6) is 0 Å². The summed E-state index contributed by atoms with van der Waals surface area (Å²) in [5, 5.41) is 29.6. The largest absolute Gasteiger partial charge is 0.393 e. The smallest absolute Gasteiger partial charge is 0.330 e. The van der Waals surface area contributed by atoms with Gasteiger partial charge in [0.2, 0.25) is 0 Å². The summed E-state index contributed by atoms with van der Waals surface area (Å²) in [7, 11) is 0. The first-order valence-electron chi connectivity index (χ1n) is 5.73. The van der Waals surface area contributed by atoms with E-state index in [2.05, 4.69) is 0 Å². The zero-order valence-electron chi connectivity index (χ0n) is 10.5. The first-order chi connectivity index (χ1) is 8.72. The molecule has 0 radical (unpaired) electrons. The molecule has 106 valence electrons. The number of nitrogens with zero attached hydrogens (tertiary/aromatic N) is 1. The summed E-state index contributed by atoms with van der Waals surface area (Å²) in [6.07, 6.45) is -1.45. The number of aromatic nitrogens is 2. The van der Waals surface area contributed by atoms with Gasteiger partial charge < -0.3 is 20.1 Å². The predicted octanol–water partition coefficient (Wildman–Crippen LogP) is -2.07. The lowest BCUT2D eigenvalue weighted by Crippen LogP contribution is -2.50. The first-order valence-corrected chi connectivity index (χ1v) is 5.73. The minimum atomic E-state index is -1.79. The Balaban J connectivity index is 2.51. The molecule has 0 aliphatic carbocycles. The van der Waals surface area contributed by atoms with Gasteiger partial charge >= 0.3 is 5.69 Å². The highest BCUT2D eigenvalue weighted by Crippen LogP contribution is 2.43. The Morgan fingerprint density at radius 1 is 1.47 bits per heavy atom. The SMILES string of the molecule is CC1(CO)O[C@@H](n2ccc(=O)[nH]c2=O)C(C)(O)[C@H]1O. The topological polar surface area (TPSA) is 125 Å². The quantitative estimate of drug-likeness (QED) is 0.490. The van der Waals surface area contributed by atoms with Crippen LogP contribution < -0.4 is 11.2 Å². The van der Waals surface area contributed by atoms with Crippen LogP contribution in [0, 0.1) is 0 Å². The van der Waals surface area contributed by atoms with Crippen molar-refractivity contribution in [3.63, 3.8) is 0 Å². The Bertz CT molecular complexity index is 591. The van der Waals surface area contributed by atoms with E-state index in [1.807, 2.05) is 4.98 Å². The van der Waals surface area contributed by atoms with Crippen LogP contribution in [0.1, 0.15) is 20.1 Å². The Hall–Kier alpha value is -1.48. The molecule has 1 fully saturated rings. The fourth-order valence-electron chi connectivity index (χ4n) is 2.27. The maximum Gasteiger partial charge on any atom is 0.330 e. The summed E-state index contributed by atoms with van der Waals surface area (Å²) >= 11 is 0. The summed E-state index contributed by atoms with van der Waals surface area (Å²) in [5.41, 5.74) is -4.54. The minimum absolute atomic E-state index is 0.529. The van der Waals surface area contributed by atoms with Crippen LogP contribution >= 0.6 is 0 Å². The maximum atomic E-state index is 11.7. The van der Waals surface area contributed by atoms with Crippen LogP contribution in [-0.4, -0.2) is 48.8 Å². The van der Waals surface area contributed by atoms with Crippen LogP contribution in [0.15, 0.2) is 21.9 Å². The number of nitrogens with one attached hydrogen (secondary N) is 1. The fraction of sp³-hybridized carbons (Fsp3) is 0.636. The van der Waals surface area contributed by atoms with Gasteiger partial charge in [-0.15, -0.1) is 0 Å². The van der Waals surface area contributed by atoms with E-state index in [0.29, 0.717) is 0 Å². The van der Waals surface area contributed by atoms with Crippen molar-refractivity contribution in [1.82, 2.24) is 9.55 Å². The number of H-pyrrole nitrogens is 1. The standard InChI is InChI=1S/C11H16N2O6/c1-10(5-14)7(16)11(2,18)8(19-10)13-4-3-6(15)12-9(13)17/h3-4,7-8,14,16,18H,5H2,1-2H3,(H,12,15,17)/t7-,8+,10?,11?/m0/s1. The number of aliphatic hydroxyl groups excluding tert-OH is 2. The number of rotatable bonds is 2. The van der Waals surface area contributed by atoms with E-state index in [0.717, 1.165) is 16.8 Å². The van der Waals surface area contributed by atoms with Crippen LogP contribution in [0.4, 0.5) is 0 Å². The number of aliphatic hydroxyl groups is 3. The molecule has 4 atom stereocenters. The van der Waals surface area contributed by atoms with Crippen molar-refractivity contribution in [2.24, 2.45) is 0 Å². The van der Waals surface area contributed by atoms with E-state index in [4.69, 9.17) is 4.74 Å². The third kappa shape index (κ3) is 2.02. The van der Waals surface area contributed by atoms with Gasteiger partial charge in [0.05, 0.1) is 6.61 Å². The van der Waals surface area contributed by atoms with E-state index < -0.39 is 41.4 Å². The molecular formula is C11H16N2O6. The highest BCUT2D eigenvalue weighted by Gasteiger charge is 2.59. The van der Waals surface area contributed by atoms with Gasteiger partial charge in [-0.2, -0.15) is 0 Å². The van der Waals surface area contributed by atoms with E-state index >= 15 is 0 Å². The molecule has 0 aromatic carbocycles. The Labute approximate surface area is 107 Å². The molecule has 0 amide bonds. The van der Waals surface area contributed by atoms with Gasteiger partial charge in [0.25, 0.3) is 5.56 Å². The van der Waals surface area contributed by atoms with Gasteiger partial charge in [0, 0.05) is 12.3 Å². The van der Waals surface area contributed by atoms with Crippen LogP contribution in [-0.2, 0) is 4.74 Å². The Morgan fingerprint density at radius 2 is 2.11 bits per heavy atom. The van der Waals surface area contributed by atoms with Crippen LogP contribution in [0.25, 0.3) is 0 Å². The van der Waals surface area contributed by atoms with Gasteiger partial charge in [-0.25, -0.2) is 4.79 Å². The summed E-state index contributed by atoms with van der Waals surface area (Å²) in [4.78, 5) is 24.7. The molecule has 1 aromatic heterocycles. The molecule has 19 heavy (non-hydrogen) atoms. The van der Waals surface area contributed by atoms with Gasteiger partial charge in [-0.3, -0.25) is 14.3 Å². The van der Waals surface area contributed by atoms with E-state index in [1.165, 1.54) is 13.8 Å². The summed E-state index contributed by atoms with van der Waals surface area (Å²) in [6, 6.07) is 1.10. The van der Waals surface area contributed by atoms with Crippen LogP contribution in [0.2, 0.25) is 0 Å². The normalized spacial score (nSPS) is 38.6. The second-order valence-corrected chi connectivity index (χ2v) is 5.09. The van der Waals surface area contributed by atoms with E-state index in [9.17, 15) is 24.9 Å². The molecule has 2 heterocycles. The summed E-state index contributed by atoms with van der Waals surface area (Å²) in [5.74, 6) is 0. The average molecular weight is 272 g/mol. The zero-order valence-corrected chi connectivity index (χ0v) is 10.5. The van der Waals surface area contributed by atoms with Gasteiger partial charge in [-0.1, -0.05) is 0 Å². The molecule has 8 nitrogen and oxygen atoms in total. The van der Waals surface area contributed by atoms with Crippen molar-refractivity contribution in [2.45, 2.75) is 37.4 Å². The summed E-state index contributed by atoms with van der Waals surface area (Å²) in [6.45, 7) is 2.18. The van der Waals surface area contributed by atoms with E-state index in [-0.39, 0.29) is 0 Å². The first kappa shape index (κ1) is 13.9. The van der Waals surface area contributed by atoms with Crippen molar-refractivity contribution >= 4 is 0 Å². The lowest BCUT2D eigenvalue weighted by atomic mass is 9.89. The van der Waals surface area contributed by atoms with Gasteiger partial charge in [-0.05, 0) is 13.8 Å². The minimum Gasteiger partial charge on any atom is -0.393 e. The highest BCUT2D eigenvalue weighted by atomic mass is 16.6. The lowest BCUT2D eigenvalue weighted by Gasteiger charge is -2.28. The molecule has 4 N–H and O–H groups in total. The number of hydrogen-bond acceptors (Lipinski definition) is 6. The van der Waals surface area contributed by atoms with Crippen molar-refractivity contribution in [1.29, 1.82) is 0 Å². The molecule has 0 bridgehead atoms. The molecule has 1 aromatic rings. The van der Waals surface area contributed by atoms with Crippen molar-refractivity contribution < 1.29 is 20.1 Å². The highest BCUT2D eigenvalue weighted by molar-refractivity contribution is 5.06. The molecule has 8 heteroatoms. The zero-order chi connectivity index (χ0) is 14.4. The van der Waals surface area contributed by atoms with E-state index in [1.54, 1.807) is 0 Å². The van der Waals surface area contributed by atoms with Gasteiger partial charge in [0.15, 0.2) is 6.23 Å². The molecule has 2 unspecified atom stereocenters. The number of ether oxygens (including phenoxy) is 1. The fourth-order valence-corrected chi connectivity index (χ4v) is 2.27. The van der Waals surface area contributed by atoms with Gasteiger partial charge in [0.1, 0.15) is 17.3 Å². The molecule has 1 aliphatic rings. The molecule has 0 spiro atoms. The molecule has 0 saturated carbocycles. The summed E-state index contributed by atoms with van der Waals surface area (Å²) < 4.78 is 6.39. The van der Waals surface area contributed by atoms with Crippen molar-refractivity contribution in [3.8, 4) is 0 Å². The molecular weight excluding hydrogens is 256 g/mol. The average Bonchev–Trinajstić information content (AvgIpc) is 2.51. The van der Waals surface area contributed by atoms with Crippen molar-refractivity contribution in [3.05, 3.63) is 33.1 Å². The third-order valence-electron chi connectivity index (χ3n) is 3.43. The monoisotopic (exact) mass is 272 g/mol.